The average Bonchev–Trinajstić information content (AvgIpc) is 2.25. The van der Waals surface area contributed by atoms with Gasteiger partial charge in [0, 0.05) is 12.6 Å². The molecule has 0 spiro atoms. The maximum Gasteiger partial charge on any atom is 0.0427 e. The van der Waals surface area contributed by atoms with Gasteiger partial charge >= 0.3 is 0 Å². The van der Waals surface area contributed by atoms with Gasteiger partial charge < -0.3 is 11.1 Å². The third-order valence-corrected chi connectivity index (χ3v) is 1.99. The van der Waals surface area contributed by atoms with E-state index in [1.54, 1.807) is 0 Å². The summed E-state index contributed by atoms with van der Waals surface area (Å²) >= 11 is 0. The zero-order chi connectivity index (χ0) is 11.5. The number of rotatable bonds is 7. The van der Waals surface area contributed by atoms with Crippen molar-refractivity contribution in [3.8, 4) is 0 Å². The van der Waals surface area contributed by atoms with Gasteiger partial charge in [-0.05, 0) is 38.1 Å². The van der Waals surface area contributed by atoms with Gasteiger partial charge in [-0.25, -0.2) is 0 Å². The Bertz CT molecular complexity index is 249. The molecule has 2 heteroatoms. The van der Waals surface area contributed by atoms with E-state index >= 15 is 0 Å². The van der Waals surface area contributed by atoms with Crippen LogP contribution in [0.2, 0.25) is 0 Å². The van der Waals surface area contributed by atoms with Gasteiger partial charge in [-0.1, -0.05) is 30.9 Å². The molecule has 0 aliphatic heterocycles. The van der Waals surface area contributed by atoms with Crippen LogP contribution in [-0.2, 0) is 0 Å². The first-order chi connectivity index (χ1) is 7.24. The van der Waals surface area contributed by atoms with Crippen LogP contribution in [0, 0.1) is 0 Å². The molecule has 0 aliphatic carbocycles. The zero-order valence-corrected chi connectivity index (χ0v) is 9.74. The first kappa shape index (κ1) is 13.7. The highest BCUT2D eigenvalue weighted by Crippen LogP contribution is 2.03. The summed E-state index contributed by atoms with van der Waals surface area (Å²) in [6.45, 7) is 8.72. The Morgan fingerprint density at radius 1 is 1.47 bits per heavy atom. The molecule has 0 saturated heterocycles. The second-order valence-electron chi connectivity index (χ2n) is 3.19. The van der Waals surface area contributed by atoms with Crippen molar-refractivity contribution in [1.82, 2.24) is 5.32 Å². The van der Waals surface area contributed by atoms with Crippen LogP contribution < -0.4 is 11.1 Å². The van der Waals surface area contributed by atoms with E-state index in [4.69, 9.17) is 5.73 Å². The van der Waals surface area contributed by atoms with E-state index < -0.39 is 0 Å². The summed E-state index contributed by atoms with van der Waals surface area (Å²) < 4.78 is 0. The lowest BCUT2D eigenvalue weighted by Gasteiger charge is -2.00. The van der Waals surface area contributed by atoms with Crippen molar-refractivity contribution in [2.24, 2.45) is 5.73 Å². The van der Waals surface area contributed by atoms with E-state index in [0.717, 1.165) is 13.0 Å². The topological polar surface area (TPSA) is 38.0 Å². The quantitative estimate of drug-likeness (QED) is 0.496. The summed E-state index contributed by atoms with van der Waals surface area (Å²) in [6, 6.07) is -0.0213. The second-order valence-corrected chi connectivity index (χ2v) is 3.19. The number of nitrogens with one attached hydrogen (secondary N) is 1. The van der Waals surface area contributed by atoms with Crippen LogP contribution in [0.15, 0.2) is 48.7 Å². The maximum absolute atomic E-state index is 5.82. The van der Waals surface area contributed by atoms with Gasteiger partial charge in [-0.3, -0.25) is 0 Å². The lowest BCUT2D eigenvalue weighted by Crippen LogP contribution is -2.14. The number of hydrogen-bond acceptors (Lipinski definition) is 2. The molecule has 0 aliphatic rings. The van der Waals surface area contributed by atoms with Crippen molar-refractivity contribution in [1.29, 1.82) is 0 Å². The molecular formula is C13H22N2. The van der Waals surface area contributed by atoms with Crippen molar-refractivity contribution < 1.29 is 0 Å². The molecular weight excluding hydrogens is 184 g/mol. The molecule has 1 unspecified atom stereocenters. The summed E-state index contributed by atoms with van der Waals surface area (Å²) in [5.74, 6) is 0. The minimum Gasteiger partial charge on any atom is -0.391 e. The van der Waals surface area contributed by atoms with E-state index in [0.29, 0.717) is 0 Å². The Morgan fingerprint density at radius 3 is 2.73 bits per heavy atom. The largest absolute Gasteiger partial charge is 0.391 e. The molecule has 1 atom stereocenters. The first-order valence-electron chi connectivity index (χ1n) is 5.34. The van der Waals surface area contributed by atoms with E-state index in [9.17, 15) is 0 Å². The van der Waals surface area contributed by atoms with Crippen molar-refractivity contribution >= 4 is 0 Å². The summed E-state index contributed by atoms with van der Waals surface area (Å²) in [5.41, 5.74) is 7.04. The Labute approximate surface area is 93.2 Å². The van der Waals surface area contributed by atoms with Gasteiger partial charge in [0.25, 0.3) is 0 Å². The van der Waals surface area contributed by atoms with Crippen molar-refractivity contribution in [2.75, 3.05) is 6.54 Å². The van der Waals surface area contributed by atoms with Crippen molar-refractivity contribution in [3.63, 3.8) is 0 Å². The van der Waals surface area contributed by atoms with E-state index in [1.165, 1.54) is 5.57 Å². The van der Waals surface area contributed by atoms with Gasteiger partial charge in [-0.15, -0.1) is 0 Å². The average molecular weight is 206 g/mol. The Balaban J connectivity index is 3.90. The number of nitrogens with two attached hydrogens (primary N) is 1. The summed E-state index contributed by atoms with van der Waals surface area (Å²) in [5, 5.41) is 3.08. The molecule has 0 fully saturated rings. The third kappa shape index (κ3) is 7.77. The molecule has 2 nitrogen and oxygen atoms in total. The smallest absolute Gasteiger partial charge is 0.0427 e. The Morgan fingerprint density at radius 2 is 2.20 bits per heavy atom. The standard InChI is InChI=1S/C13H22N2/c1-4-12(5-2)8-7-9-13(14)10-11-15-6-3/h4-5,7,9-11,13,15H,1,6,8,14H2,2-3H3/b9-7-,11-10-,12-5+. The first-order valence-corrected chi connectivity index (χ1v) is 5.34. The Hall–Kier alpha value is -1.28. The maximum atomic E-state index is 5.82. The minimum atomic E-state index is -0.0213. The van der Waals surface area contributed by atoms with Crippen LogP contribution in [0.4, 0.5) is 0 Å². The predicted octanol–water partition coefficient (Wildman–Crippen LogP) is 2.52. The molecule has 0 heterocycles. The van der Waals surface area contributed by atoms with Gasteiger partial charge in [0.05, 0.1) is 0 Å². The van der Waals surface area contributed by atoms with Crippen molar-refractivity contribution in [2.45, 2.75) is 26.3 Å². The number of allylic oxidation sites excluding steroid dienone is 4. The fraction of sp³-hybridized carbons (Fsp3) is 0.385. The van der Waals surface area contributed by atoms with E-state index in [-0.39, 0.29) is 6.04 Å². The van der Waals surface area contributed by atoms with Crippen LogP contribution in [0.25, 0.3) is 0 Å². The Kier molecular flexibility index (Phi) is 8.49. The molecule has 0 bridgehead atoms. The molecule has 0 aromatic rings. The van der Waals surface area contributed by atoms with E-state index in [1.807, 2.05) is 38.3 Å². The predicted molar refractivity (Wildman–Crippen MR) is 68.5 cm³/mol. The van der Waals surface area contributed by atoms with Gasteiger partial charge in [-0.2, -0.15) is 0 Å². The normalized spacial score (nSPS) is 14.7. The highest BCUT2D eigenvalue weighted by atomic mass is 14.8. The lowest BCUT2D eigenvalue weighted by atomic mass is 10.1. The summed E-state index contributed by atoms with van der Waals surface area (Å²) in [6.07, 6.45) is 12.7. The highest BCUT2D eigenvalue weighted by Gasteiger charge is 1.89. The molecule has 0 amide bonds. The molecule has 0 aromatic carbocycles. The molecule has 15 heavy (non-hydrogen) atoms. The van der Waals surface area contributed by atoms with Crippen LogP contribution in [0.3, 0.4) is 0 Å². The molecule has 3 N–H and O–H groups in total. The van der Waals surface area contributed by atoms with Crippen LogP contribution in [-0.4, -0.2) is 12.6 Å². The van der Waals surface area contributed by atoms with Gasteiger partial charge in [0.15, 0.2) is 0 Å². The van der Waals surface area contributed by atoms with Crippen LogP contribution >= 0.6 is 0 Å². The molecule has 0 radical (unpaired) electrons. The second kappa shape index (κ2) is 9.28. The fourth-order valence-corrected chi connectivity index (χ4v) is 1.04. The van der Waals surface area contributed by atoms with Crippen molar-refractivity contribution in [3.05, 3.63) is 48.7 Å². The minimum absolute atomic E-state index is 0.0213. The fourth-order valence-electron chi connectivity index (χ4n) is 1.04. The van der Waals surface area contributed by atoms with Gasteiger partial charge in [0.1, 0.15) is 0 Å². The number of hydrogen-bond donors (Lipinski definition) is 2. The lowest BCUT2D eigenvalue weighted by molar-refractivity contribution is 0.900. The monoisotopic (exact) mass is 206 g/mol. The summed E-state index contributed by atoms with van der Waals surface area (Å²) in [4.78, 5) is 0. The highest BCUT2D eigenvalue weighted by molar-refractivity contribution is 5.19. The van der Waals surface area contributed by atoms with Crippen LogP contribution in [0.1, 0.15) is 20.3 Å². The molecule has 0 rings (SSSR count). The third-order valence-electron chi connectivity index (χ3n) is 1.99. The van der Waals surface area contributed by atoms with E-state index in [2.05, 4.69) is 24.0 Å². The molecule has 0 saturated carbocycles. The zero-order valence-electron chi connectivity index (χ0n) is 9.74. The van der Waals surface area contributed by atoms with Gasteiger partial charge in [0.2, 0.25) is 0 Å². The molecule has 0 aromatic heterocycles. The summed E-state index contributed by atoms with van der Waals surface area (Å²) in [7, 11) is 0. The van der Waals surface area contributed by atoms with Crippen LogP contribution in [0.5, 0.6) is 0 Å². The molecule has 84 valence electrons. The SMILES string of the molecule is C=C/C(=C\C)C/C=C\C(N)/C=C\NCC.